The first-order chi connectivity index (χ1) is 13.9. The smallest absolute Gasteiger partial charge is 0.277 e. The number of piperazine rings is 1. The minimum absolute atomic E-state index is 0.0295. The van der Waals surface area contributed by atoms with Gasteiger partial charge in [0, 0.05) is 18.4 Å². The molecular weight excluding hydrogens is 371 g/mol. The largest absolute Gasteiger partial charge is 0.360 e. The van der Waals surface area contributed by atoms with Gasteiger partial charge in [-0.05, 0) is 43.3 Å². The van der Waals surface area contributed by atoms with E-state index in [-0.39, 0.29) is 24.2 Å². The number of halogens is 1. The molecule has 1 heterocycles. The molecule has 0 aromatic heterocycles. The lowest BCUT2D eigenvalue weighted by Gasteiger charge is -2.33. The SMILES string of the molecule is Cc1ccc(NC(=O)CN(C)C(=O)C[NH+]2CCN(c3ccc(F)cc3)CC2)cc1. The van der Waals surface area contributed by atoms with E-state index in [9.17, 15) is 14.0 Å². The monoisotopic (exact) mass is 399 g/mol. The summed E-state index contributed by atoms with van der Waals surface area (Å²) in [6, 6.07) is 14.1. The van der Waals surface area contributed by atoms with E-state index in [2.05, 4.69) is 10.2 Å². The molecule has 0 spiro atoms. The van der Waals surface area contributed by atoms with E-state index in [1.54, 1.807) is 19.2 Å². The number of quaternary nitrogens is 1. The maximum Gasteiger partial charge on any atom is 0.277 e. The molecular formula is C22H28FN4O2+. The number of likely N-dealkylation sites (N-methyl/N-ethyl adjacent to an activating group) is 1. The number of rotatable bonds is 6. The third kappa shape index (κ3) is 6.02. The van der Waals surface area contributed by atoms with Gasteiger partial charge < -0.3 is 20.0 Å². The second-order valence-corrected chi connectivity index (χ2v) is 7.55. The van der Waals surface area contributed by atoms with Gasteiger partial charge in [0.1, 0.15) is 5.82 Å². The molecule has 1 fully saturated rings. The first kappa shape index (κ1) is 20.8. The average Bonchev–Trinajstić information content (AvgIpc) is 2.71. The molecule has 0 aliphatic carbocycles. The van der Waals surface area contributed by atoms with Gasteiger partial charge >= 0.3 is 0 Å². The molecule has 2 aromatic carbocycles. The van der Waals surface area contributed by atoms with Crippen LogP contribution in [0.25, 0.3) is 0 Å². The minimum Gasteiger partial charge on any atom is -0.360 e. The number of hydrogen-bond acceptors (Lipinski definition) is 3. The Kier molecular flexibility index (Phi) is 6.82. The highest BCUT2D eigenvalue weighted by Gasteiger charge is 2.24. The minimum atomic E-state index is -0.238. The van der Waals surface area contributed by atoms with Crippen molar-refractivity contribution in [2.24, 2.45) is 0 Å². The molecule has 0 atom stereocenters. The van der Waals surface area contributed by atoms with E-state index in [0.717, 1.165) is 43.1 Å². The highest BCUT2D eigenvalue weighted by Crippen LogP contribution is 2.14. The average molecular weight is 399 g/mol. The summed E-state index contributed by atoms with van der Waals surface area (Å²) < 4.78 is 13.1. The number of aryl methyl sites for hydroxylation is 1. The van der Waals surface area contributed by atoms with Gasteiger partial charge in [0.2, 0.25) is 5.91 Å². The number of nitrogens with zero attached hydrogens (tertiary/aromatic N) is 2. The molecule has 2 aromatic rings. The summed E-state index contributed by atoms with van der Waals surface area (Å²) in [7, 11) is 1.66. The molecule has 3 rings (SSSR count). The van der Waals surface area contributed by atoms with Gasteiger partial charge in [-0.15, -0.1) is 0 Å². The fourth-order valence-corrected chi connectivity index (χ4v) is 3.40. The Morgan fingerprint density at radius 1 is 1.07 bits per heavy atom. The van der Waals surface area contributed by atoms with Crippen molar-refractivity contribution in [2.45, 2.75) is 6.92 Å². The second-order valence-electron chi connectivity index (χ2n) is 7.55. The normalized spacial score (nSPS) is 14.5. The lowest BCUT2D eigenvalue weighted by Crippen LogP contribution is -3.15. The molecule has 0 bridgehead atoms. The van der Waals surface area contributed by atoms with Crippen molar-refractivity contribution in [1.82, 2.24) is 4.90 Å². The molecule has 2 amide bonds. The third-order valence-corrected chi connectivity index (χ3v) is 5.21. The van der Waals surface area contributed by atoms with Crippen LogP contribution in [0, 0.1) is 12.7 Å². The number of carbonyl (C=O) groups is 2. The first-order valence-electron chi connectivity index (χ1n) is 9.85. The molecule has 2 N–H and O–H groups in total. The topological polar surface area (TPSA) is 57.1 Å². The number of nitrogens with one attached hydrogen (secondary N) is 2. The van der Waals surface area contributed by atoms with Crippen LogP contribution in [0.5, 0.6) is 0 Å². The van der Waals surface area contributed by atoms with E-state index in [1.807, 2.05) is 31.2 Å². The number of hydrogen-bond donors (Lipinski definition) is 2. The Balaban J connectivity index is 1.42. The lowest BCUT2D eigenvalue weighted by molar-refractivity contribution is -0.892. The number of anilines is 2. The van der Waals surface area contributed by atoms with Crippen LogP contribution in [0.3, 0.4) is 0 Å². The maximum atomic E-state index is 13.1. The highest BCUT2D eigenvalue weighted by molar-refractivity contribution is 5.94. The predicted molar refractivity (Wildman–Crippen MR) is 112 cm³/mol. The van der Waals surface area contributed by atoms with Crippen molar-refractivity contribution in [3.63, 3.8) is 0 Å². The zero-order chi connectivity index (χ0) is 20.8. The van der Waals surface area contributed by atoms with Crippen LogP contribution < -0.4 is 15.1 Å². The molecule has 1 saturated heterocycles. The van der Waals surface area contributed by atoms with Gasteiger partial charge in [-0.2, -0.15) is 0 Å². The molecule has 0 radical (unpaired) electrons. The number of amides is 2. The van der Waals surface area contributed by atoms with E-state index in [1.165, 1.54) is 21.9 Å². The Bertz CT molecular complexity index is 831. The molecule has 29 heavy (non-hydrogen) atoms. The second kappa shape index (κ2) is 9.52. The zero-order valence-electron chi connectivity index (χ0n) is 17.0. The highest BCUT2D eigenvalue weighted by atomic mass is 19.1. The zero-order valence-corrected chi connectivity index (χ0v) is 17.0. The standard InChI is InChI=1S/C22H27FN4O2/c1-17-3-7-19(8-4-17)24-21(28)15-25(2)22(29)16-26-11-13-27(14-12-26)20-9-5-18(23)6-10-20/h3-10H,11-16H2,1-2H3,(H,24,28)/p+1. The summed E-state index contributed by atoms with van der Waals surface area (Å²) in [6.07, 6.45) is 0. The Morgan fingerprint density at radius 3 is 2.31 bits per heavy atom. The van der Waals surface area contributed by atoms with Gasteiger partial charge in [0.15, 0.2) is 6.54 Å². The van der Waals surface area contributed by atoms with Crippen molar-refractivity contribution >= 4 is 23.2 Å². The van der Waals surface area contributed by atoms with E-state index < -0.39 is 0 Å². The fraction of sp³-hybridized carbons (Fsp3) is 0.364. The summed E-state index contributed by atoms with van der Waals surface area (Å²) in [5.41, 5.74) is 2.85. The van der Waals surface area contributed by atoms with E-state index in [4.69, 9.17) is 0 Å². The van der Waals surface area contributed by atoms with Gasteiger partial charge in [0.25, 0.3) is 5.91 Å². The number of carbonyl (C=O) groups excluding carboxylic acids is 2. The molecule has 7 heteroatoms. The Morgan fingerprint density at radius 2 is 1.69 bits per heavy atom. The van der Waals surface area contributed by atoms with Crippen LogP contribution in [-0.4, -0.2) is 63.0 Å². The van der Waals surface area contributed by atoms with Crippen molar-refractivity contribution in [2.75, 3.05) is 56.5 Å². The quantitative estimate of drug-likeness (QED) is 0.760. The maximum absolute atomic E-state index is 13.1. The Labute approximate surface area is 170 Å². The summed E-state index contributed by atoms with van der Waals surface area (Å²) in [5.74, 6) is -0.492. The van der Waals surface area contributed by atoms with Crippen LogP contribution in [-0.2, 0) is 9.59 Å². The molecule has 154 valence electrons. The summed E-state index contributed by atoms with van der Waals surface area (Å²) in [6.45, 7) is 5.66. The summed E-state index contributed by atoms with van der Waals surface area (Å²) >= 11 is 0. The van der Waals surface area contributed by atoms with Crippen LogP contribution in [0.1, 0.15) is 5.56 Å². The van der Waals surface area contributed by atoms with Crippen LogP contribution in [0.2, 0.25) is 0 Å². The lowest BCUT2D eigenvalue weighted by atomic mass is 10.2. The van der Waals surface area contributed by atoms with Gasteiger partial charge in [0.05, 0.1) is 32.7 Å². The predicted octanol–water partition coefficient (Wildman–Crippen LogP) is 0.936. The summed E-state index contributed by atoms with van der Waals surface area (Å²) in [5, 5.41) is 2.81. The summed E-state index contributed by atoms with van der Waals surface area (Å²) in [4.78, 5) is 29.6. The first-order valence-corrected chi connectivity index (χ1v) is 9.85. The van der Waals surface area contributed by atoms with Crippen molar-refractivity contribution in [3.05, 3.63) is 59.9 Å². The number of benzene rings is 2. The van der Waals surface area contributed by atoms with E-state index in [0.29, 0.717) is 6.54 Å². The Hall–Kier alpha value is -2.93. The molecule has 0 unspecified atom stereocenters. The molecule has 0 saturated carbocycles. The molecule has 6 nitrogen and oxygen atoms in total. The van der Waals surface area contributed by atoms with Gasteiger partial charge in [-0.25, -0.2) is 4.39 Å². The van der Waals surface area contributed by atoms with Crippen molar-refractivity contribution in [3.8, 4) is 0 Å². The molecule has 1 aliphatic heterocycles. The van der Waals surface area contributed by atoms with Gasteiger partial charge in [-0.3, -0.25) is 9.59 Å². The fourth-order valence-electron chi connectivity index (χ4n) is 3.40. The van der Waals surface area contributed by atoms with Gasteiger partial charge in [-0.1, -0.05) is 17.7 Å². The van der Waals surface area contributed by atoms with Crippen LogP contribution in [0.4, 0.5) is 15.8 Å². The molecule has 1 aliphatic rings. The van der Waals surface area contributed by atoms with Crippen LogP contribution in [0.15, 0.2) is 48.5 Å². The van der Waals surface area contributed by atoms with Crippen molar-refractivity contribution < 1.29 is 18.9 Å². The van der Waals surface area contributed by atoms with Crippen LogP contribution >= 0.6 is 0 Å². The third-order valence-electron chi connectivity index (χ3n) is 5.21. The van der Waals surface area contributed by atoms with E-state index >= 15 is 0 Å². The van der Waals surface area contributed by atoms with Crippen molar-refractivity contribution in [1.29, 1.82) is 0 Å².